The summed E-state index contributed by atoms with van der Waals surface area (Å²) < 4.78 is 43.6. The predicted molar refractivity (Wildman–Crippen MR) is 87.2 cm³/mol. The molecule has 24 heavy (non-hydrogen) atoms. The van der Waals surface area contributed by atoms with Crippen LogP contribution in [0.25, 0.3) is 22.3 Å². The van der Waals surface area contributed by atoms with Crippen molar-refractivity contribution in [2.24, 2.45) is 0 Å². The van der Waals surface area contributed by atoms with Gasteiger partial charge >= 0.3 is 6.18 Å². The second-order valence-corrected chi connectivity index (χ2v) is 5.62. The molecule has 2 aromatic carbocycles. The van der Waals surface area contributed by atoms with E-state index in [1.54, 1.807) is 18.2 Å². The molecule has 0 saturated carbocycles. The van der Waals surface area contributed by atoms with Gasteiger partial charge in [-0.25, -0.2) is 0 Å². The Bertz CT molecular complexity index is 941. The zero-order valence-electron chi connectivity index (χ0n) is 13.0. The Labute approximate surface area is 135 Å². The highest BCUT2D eigenvalue weighted by molar-refractivity contribution is 5.82. The molecule has 0 aliphatic carbocycles. The Morgan fingerprint density at radius 2 is 1.62 bits per heavy atom. The van der Waals surface area contributed by atoms with Crippen molar-refractivity contribution in [3.8, 4) is 11.3 Å². The minimum absolute atomic E-state index is 0.233. The Balaban J connectivity index is 2.11. The van der Waals surface area contributed by atoms with Crippen molar-refractivity contribution in [3.63, 3.8) is 0 Å². The number of nitrogens with zero attached hydrogens (tertiary/aromatic N) is 1. The average molecular weight is 333 g/mol. The van der Waals surface area contributed by atoms with E-state index in [0.29, 0.717) is 16.5 Å². The number of rotatable bonds is 2. The standard InChI is InChI=1S/C18H14F3NO2/c1-22(2)13-7-8-14-15(23)10-16(24-17(14)9-13)11-3-5-12(6-4-11)18(19,20)21/h3-10H,1-2H3. The van der Waals surface area contributed by atoms with Gasteiger partial charge in [0.05, 0.1) is 10.9 Å². The van der Waals surface area contributed by atoms with Crippen LogP contribution in [0.5, 0.6) is 0 Å². The molecule has 0 atom stereocenters. The van der Waals surface area contributed by atoms with Gasteiger partial charge in [0, 0.05) is 37.5 Å². The Morgan fingerprint density at radius 3 is 2.21 bits per heavy atom. The van der Waals surface area contributed by atoms with E-state index in [9.17, 15) is 18.0 Å². The second-order valence-electron chi connectivity index (χ2n) is 5.62. The van der Waals surface area contributed by atoms with Gasteiger partial charge in [0.2, 0.25) is 0 Å². The molecule has 0 amide bonds. The number of hydrogen-bond donors (Lipinski definition) is 0. The Hall–Kier alpha value is -2.76. The van der Waals surface area contributed by atoms with Gasteiger partial charge in [0.15, 0.2) is 5.43 Å². The molecule has 0 bridgehead atoms. The number of anilines is 1. The summed E-state index contributed by atoms with van der Waals surface area (Å²) in [7, 11) is 3.72. The molecule has 0 N–H and O–H groups in total. The maximum absolute atomic E-state index is 12.6. The molecular formula is C18H14F3NO2. The first-order chi connectivity index (χ1) is 11.3. The molecule has 1 aromatic heterocycles. The number of alkyl halides is 3. The third kappa shape index (κ3) is 2.99. The fourth-order valence-corrected chi connectivity index (χ4v) is 2.39. The minimum Gasteiger partial charge on any atom is -0.456 e. The van der Waals surface area contributed by atoms with Gasteiger partial charge in [0.25, 0.3) is 0 Å². The van der Waals surface area contributed by atoms with Crippen LogP contribution in [0.4, 0.5) is 18.9 Å². The summed E-state index contributed by atoms with van der Waals surface area (Å²) >= 11 is 0. The van der Waals surface area contributed by atoms with Gasteiger partial charge in [-0.15, -0.1) is 0 Å². The van der Waals surface area contributed by atoms with E-state index in [1.807, 2.05) is 19.0 Å². The maximum Gasteiger partial charge on any atom is 0.416 e. The largest absolute Gasteiger partial charge is 0.456 e. The lowest BCUT2D eigenvalue weighted by molar-refractivity contribution is -0.137. The smallest absolute Gasteiger partial charge is 0.416 e. The van der Waals surface area contributed by atoms with Crippen LogP contribution in [-0.2, 0) is 6.18 Å². The zero-order valence-corrected chi connectivity index (χ0v) is 13.0. The monoisotopic (exact) mass is 333 g/mol. The fraction of sp³-hybridized carbons (Fsp3) is 0.167. The van der Waals surface area contributed by atoms with E-state index in [1.165, 1.54) is 18.2 Å². The second kappa shape index (κ2) is 5.70. The molecule has 1 heterocycles. The zero-order chi connectivity index (χ0) is 17.5. The maximum atomic E-state index is 12.6. The summed E-state index contributed by atoms with van der Waals surface area (Å²) in [6.07, 6.45) is -4.40. The van der Waals surface area contributed by atoms with Gasteiger partial charge in [-0.2, -0.15) is 13.2 Å². The molecule has 0 aliphatic heterocycles. The summed E-state index contributed by atoms with van der Waals surface area (Å²) in [6.45, 7) is 0. The minimum atomic E-state index is -4.40. The van der Waals surface area contributed by atoms with Gasteiger partial charge < -0.3 is 9.32 Å². The van der Waals surface area contributed by atoms with Crippen LogP contribution in [0.1, 0.15) is 5.56 Å². The first kappa shape index (κ1) is 16.1. The first-order valence-corrected chi connectivity index (χ1v) is 7.18. The van der Waals surface area contributed by atoms with E-state index in [0.717, 1.165) is 17.8 Å². The molecule has 0 unspecified atom stereocenters. The van der Waals surface area contributed by atoms with Gasteiger partial charge in [0.1, 0.15) is 11.3 Å². The van der Waals surface area contributed by atoms with E-state index in [4.69, 9.17) is 4.42 Å². The van der Waals surface area contributed by atoms with E-state index in [2.05, 4.69) is 0 Å². The Morgan fingerprint density at radius 1 is 0.958 bits per heavy atom. The third-order valence-corrected chi connectivity index (χ3v) is 3.73. The van der Waals surface area contributed by atoms with Crippen LogP contribution in [0, 0.1) is 0 Å². The number of hydrogen-bond acceptors (Lipinski definition) is 3. The molecule has 6 heteroatoms. The average Bonchev–Trinajstić information content (AvgIpc) is 2.53. The van der Waals surface area contributed by atoms with Crippen molar-refractivity contribution >= 4 is 16.7 Å². The fourth-order valence-electron chi connectivity index (χ4n) is 2.39. The van der Waals surface area contributed by atoms with Gasteiger partial charge in [-0.3, -0.25) is 4.79 Å². The van der Waals surface area contributed by atoms with Crippen molar-refractivity contribution in [1.29, 1.82) is 0 Å². The number of halogens is 3. The van der Waals surface area contributed by atoms with Crippen molar-refractivity contribution in [3.05, 3.63) is 64.3 Å². The number of fused-ring (bicyclic) bond motifs is 1. The van der Waals surface area contributed by atoms with Crippen LogP contribution in [-0.4, -0.2) is 14.1 Å². The van der Waals surface area contributed by atoms with Gasteiger partial charge in [-0.05, 0) is 24.3 Å². The molecule has 3 nitrogen and oxygen atoms in total. The molecule has 3 aromatic rings. The van der Waals surface area contributed by atoms with Crippen LogP contribution in [0.15, 0.2) is 57.7 Å². The topological polar surface area (TPSA) is 33.5 Å². The van der Waals surface area contributed by atoms with E-state index < -0.39 is 11.7 Å². The highest BCUT2D eigenvalue weighted by Crippen LogP contribution is 2.31. The first-order valence-electron chi connectivity index (χ1n) is 7.18. The lowest BCUT2D eigenvalue weighted by atomic mass is 10.1. The SMILES string of the molecule is CN(C)c1ccc2c(=O)cc(-c3ccc(C(F)(F)F)cc3)oc2c1. The highest BCUT2D eigenvalue weighted by Gasteiger charge is 2.30. The third-order valence-electron chi connectivity index (χ3n) is 3.73. The summed E-state index contributed by atoms with van der Waals surface area (Å²) in [5.74, 6) is 0.233. The molecular weight excluding hydrogens is 319 g/mol. The van der Waals surface area contributed by atoms with Gasteiger partial charge in [-0.1, -0.05) is 12.1 Å². The number of benzene rings is 2. The molecule has 0 radical (unpaired) electrons. The summed E-state index contributed by atoms with van der Waals surface area (Å²) in [5.41, 5.74) is 0.678. The highest BCUT2D eigenvalue weighted by atomic mass is 19.4. The molecule has 0 saturated heterocycles. The predicted octanol–water partition coefficient (Wildman–Crippen LogP) is 4.54. The summed E-state index contributed by atoms with van der Waals surface area (Å²) in [6, 6.07) is 11.0. The molecule has 0 aliphatic rings. The van der Waals surface area contributed by atoms with Crippen LogP contribution < -0.4 is 10.3 Å². The van der Waals surface area contributed by atoms with E-state index in [-0.39, 0.29) is 11.2 Å². The summed E-state index contributed by atoms with van der Waals surface area (Å²) in [5, 5.41) is 0.427. The quantitative estimate of drug-likeness (QED) is 0.690. The van der Waals surface area contributed by atoms with Crippen molar-refractivity contribution < 1.29 is 17.6 Å². The normalized spacial score (nSPS) is 11.7. The molecule has 0 fully saturated rings. The molecule has 3 rings (SSSR count). The van der Waals surface area contributed by atoms with E-state index >= 15 is 0 Å². The molecule has 124 valence electrons. The van der Waals surface area contributed by atoms with Crippen molar-refractivity contribution in [1.82, 2.24) is 0 Å². The Kier molecular flexibility index (Phi) is 3.83. The summed E-state index contributed by atoms with van der Waals surface area (Å²) in [4.78, 5) is 14.1. The lowest BCUT2D eigenvalue weighted by Gasteiger charge is -2.13. The van der Waals surface area contributed by atoms with Crippen molar-refractivity contribution in [2.45, 2.75) is 6.18 Å². The van der Waals surface area contributed by atoms with Crippen molar-refractivity contribution in [2.75, 3.05) is 19.0 Å². The van der Waals surface area contributed by atoms with Crippen LogP contribution >= 0.6 is 0 Å². The van der Waals surface area contributed by atoms with Crippen LogP contribution in [0.2, 0.25) is 0 Å². The van der Waals surface area contributed by atoms with Crippen LogP contribution in [0.3, 0.4) is 0 Å². The molecule has 0 spiro atoms. The lowest BCUT2D eigenvalue weighted by Crippen LogP contribution is -2.09.